The summed E-state index contributed by atoms with van der Waals surface area (Å²) in [6.45, 7) is 3.39. The number of hydrogen-bond acceptors (Lipinski definition) is 3. The lowest BCUT2D eigenvalue weighted by Crippen LogP contribution is -2.15. The Balaban J connectivity index is 2.64. The third kappa shape index (κ3) is 3.24. The van der Waals surface area contributed by atoms with Crippen LogP contribution in [0.3, 0.4) is 0 Å². The topological polar surface area (TPSA) is 46.5 Å². The molecule has 0 N–H and O–H groups in total. The van der Waals surface area contributed by atoms with E-state index < -0.39 is 5.78 Å². The smallest absolute Gasteiger partial charge is 0.250 e. The summed E-state index contributed by atoms with van der Waals surface area (Å²) in [7, 11) is 0. The van der Waals surface area contributed by atoms with Gasteiger partial charge in [0.15, 0.2) is 0 Å². The SMILES string of the molecule is C#CC(=O)C(CC(C)=O)=Nc1cccc2cccc(C)c12. The Morgan fingerprint density at radius 1 is 1.19 bits per heavy atom. The number of ketones is 2. The molecule has 0 unspecified atom stereocenters. The number of carbonyl (C=O) groups is 2. The van der Waals surface area contributed by atoms with Gasteiger partial charge in [0, 0.05) is 5.39 Å². The van der Waals surface area contributed by atoms with Crippen LogP contribution in [0.2, 0.25) is 0 Å². The summed E-state index contributed by atoms with van der Waals surface area (Å²) in [4.78, 5) is 27.4. The highest BCUT2D eigenvalue weighted by molar-refractivity contribution is 6.48. The fourth-order valence-electron chi connectivity index (χ4n) is 2.23. The van der Waals surface area contributed by atoms with Crippen LogP contribution < -0.4 is 0 Å². The molecule has 0 aliphatic rings. The largest absolute Gasteiger partial charge is 0.300 e. The molecule has 0 amide bonds. The summed E-state index contributed by atoms with van der Waals surface area (Å²) >= 11 is 0. The molecule has 0 aromatic heterocycles. The van der Waals surface area contributed by atoms with Crippen molar-refractivity contribution in [3.63, 3.8) is 0 Å². The van der Waals surface area contributed by atoms with Gasteiger partial charge in [0.2, 0.25) is 5.78 Å². The third-order valence-corrected chi connectivity index (χ3v) is 3.16. The Morgan fingerprint density at radius 3 is 2.48 bits per heavy atom. The molecule has 0 aliphatic carbocycles. The van der Waals surface area contributed by atoms with Gasteiger partial charge in [0.05, 0.1) is 12.1 Å². The van der Waals surface area contributed by atoms with Crippen molar-refractivity contribution in [3.05, 3.63) is 42.0 Å². The molecule has 0 atom stereocenters. The number of carbonyl (C=O) groups excluding carboxylic acids is 2. The van der Waals surface area contributed by atoms with Gasteiger partial charge >= 0.3 is 0 Å². The van der Waals surface area contributed by atoms with Crippen molar-refractivity contribution in [2.75, 3.05) is 0 Å². The third-order valence-electron chi connectivity index (χ3n) is 3.16. The maximum Gasteiger partial charge on any atom is 0.250 e. The lowest BCUT2D eigenvalue weighted by Gasteiger charge is -2.07. The minimum Gasteiger partial charge on any atom is -0.300 e. The van der Waals surface area contributed by atoms with Crippen LogP contribution in [0, 0.1) is 19.3 Å². The second kappa shape index (κ2) is 6.15. The lowest BCUT2D eigenvalue weighted by molar-refractivity contribution is -0.116. The average molecular weight is 277 g/mol. The van der Waals surface area contributed by atoms with E-state index in [0.29, 0.717) is 5.69 Å². The molecule has 2 rings (SSSR count). The Labute approximate surface area is 123 Å². The molecule has 21 heavy (non-hydrogen) atoms. The van der Waals surface area contributed by atoms with E-state index in [9.17, 15) is 9.59 Å². The zero-order valence-corrected chi connectivity index (χ0v) is 12.0. The number of Topliss-reactive ketones (excluding diaryl/α,β-unsaturated/α-hetero) is 2. The fourth-order valence-corrected chi connectivity index (χ4v) is 2.23. The van der Waals surface area contributed by atoms with E-state index in [1.54, 1.807) is 0 Å². The highest BCUT2D eigenvalue weighted by Gasteiger charge is 2.13. The highest BCUT2D eigenvalue weighted by atomic mass is 16.1. The summed E-state index contributed by atoms with van der Waals surface area (Å²) in [5.74, 6) is 1.34. The number of aliphatic imine (C=N–C) groups is 1. The van der Waals surface area contributed by atoms with Gasteiger partial charge in [0.1, 0.15) is 11.5 Å². The molecule has 0 fully saturated rings. The van der Waals surface area contributed by atoms with Gasteiger partial charge < -0.3 is 0 Å². The molecule has 3 nitrogen and oxygen atoms in total. The van der Waals surface area contributed by atoms with Crippen molar-refractivity contribution < 1.29 is 9.59 Å². The Hall–Kier alpha value is -2.73. The summed E-state index contributed by atoms with van der Waals surface area (Å²) < 4.78 is 0. The standard InChI is InChI=1S/C18H15NO2/c1-4-17(21)16(11-13(3)20)19-15-10-6-9-14-8-5-7-12(2)18(14)15/h1,5-10H,11H2,2-3H3. The van der Waals surface area contributed by atoms with Gasteiger partial charge in [-0.25, -0.2) is 4.99 Å². The number of aryl methyl sites for hydroxylation is 1. The van der Waals surface area contributed by atoms with E-state index in [-0.39, 0.29) is 17.9 Å². The fraction of sp³-hybridized carbons (Fsp3) is 0.167. The Bertz CT molecular complexity index is 789. The number of fused-ring (bicyclic) bond motifs is 1. The Kier molecular flexibility index (Phi) is 4.30. The van der Waals surface area contributed by atoms with E-state index in [1.807, 2.05) is 49.2 Å². The van der Waals surface area contributed by atoms with Crippen LogP contribution in [-0.2, 0) is 9.59 Å². The quantitative estimate of drug-likeness (QED) is 0.488. The summed E-state index contributed by atoms with van der Waals surface area (Å²) in [6, 6.07) is 11.6. The van der Waals surface area contributed by atoms with Crippen molar-refractivity contribution in [2.45, 2.75) is 20.3 Å². The van der Waals surface area contributed by atoms with Crippen LogP contribution in [-0.4, -0.2) is 17.3 Å². The van der Waals surface area contributed by atoms with E-state index >= 15 is 0 Å². The predicted octanol–water partition coefficient (Wildman–Crippen LogP) is 3.40. The maximum atomic E-state index is 11.8. The first-order valence-corrected chi connectivity index (χ1v) is 6.59. The Morgan fingerprint density at radius 2 is 1.86 bits per heavy atom. The molecule has 2 aromatic rings. The number of terminal acetylenes is 1. The summed E-state index contributed by atoms with van der Waals surface area (Å²) in [5.41, 5.74) is 1.83. The first-order valence-electron chi connectivity index (χ1n) is 6.59. The molecule has 0 bridgehead atoms. The number of nitrogens with zero attached hydrogens (tertiary/aromatic N) is 1. The average Bonchev–Trinajstić information content (AvgIpc) is 2.45. The van der Waals surface area contributed by atoms with Crippen molar-refractivity contribution in [2.24, 2.45) is 4.99 Å². The molecule has 0 spiro atoms. The number of rotatable bonds is 4. The second-order valence-electron chi connectivity index (χ2n) is 4.86. The van der Waals surface area contributed by atoms with Crippen molar-refractivity contribution in [3.8, 4) is 12.3 Å². The molecular weight excluding hydrogens is 262 g/mol. The van der Waals surface area contributed by atoms with E-state index in [2.05, 4.69) is 4.99 Å². The van der Waals surface area contributed by atoms with Crippen LogP contribution in [0.4, 0.5) is 5.69 Å². The normalized spacial score (nSPS) is 11.2. The molecule has 0 radical (unpaired) electrons. The minimum absolute atomic E-state index is 0.0503. The van der Waals surface area contributed by atoms with Gasteiger partial charge in [-0.15, -0.1) is 6.42 Å². The molecule has 0 saturated carbocycles. The molecular formula is C18H15NO2. The van der Waals surface area contributed by atoms with E-state index in [1.165, 1.54) is 6.92 Å². The monoisotopic (exact) mass is 277 g/mol. The molecule has 0 heterocycles. The molecule has 2 aromatic carbocycles. The van der Waals surface area contributed by atoms with Crippen molar-refractivity contribution in [1.29, 1.82) is 0 Å². The van der Waals surface area contributed by atoms with E-state index in [0.717, 1.165) is 16.3 Å². The van der Waals surface area contributed by atoms with E-state index in [4.69, 9.17) is 6.42 Å². The van der Waals surface area contributed by atoms with Crippen LogP contribution in [0.15, 0.2) is 41.4 Å². The second-order valence-corrected chi connectivity index (χ2v) is 4.86. The van der Waals surface area contributed by atoms with Gasteiger partial charge in [-0.2, -0.15) is 0 Å². The highest BCUT2D eigenvalue weighted by Crippen LogP contribution is 2.29. The van der Waals surface area contributed by atoms with Gasteiger partial charge in [-0.1, -0.05) is 30.3 Å². The maximum absolute atomic E-state index is 11.8. The molecule has 0 aliphatic heterocycles. The van der Waals surface area contributed by atoms with Crippen molar-refractivity contribution in [1.82, 2.24) is 0 Å². The molecule has 104 valence electrons. The zero-order valence-electron chi connectivity index (χ0n) is 12.0. The van der Waals surface area contributed by atoms with Gasteiger partial charge in [-0.05, 0) is 36.8 Å². The van der Waals surface area contributed by atoms with Crippen LogP contribution in [0.1, 0.15) is 18.9 Å². The van der Waals surface area contributed by atoms with Crippen LogP contribution in [0.5, 0.6) is 0 Å². The summed E-state index contributed by atoms with van der Waals surface area (Å²) in [5, 5.41) is 2.00. The molecule has 3 heteroatoms. The predicted molar refractivity (Wildman–Crippen MR) is 84.9 cm³/mol. The van der Waals surface area contributed by atoms with Crippen LogP contribution >= 0.6 is 0 Å². The summed E-state index contributed by atoms with van der Waals surface area (Å²) in [6.07, 6.45) is 5.10. The molecule has 0 saturated heterocycles. The first-order chi connectivity index (χ1) is 10.0. The van der Waals surface area contributed by atoms with Gasteiger partial charge in [-0.3, -0.25) is 9.59 Å². The zero-order chi connectivity index (χ0) is 15.4. The number of benzene rings is 2. The lowest BCUT2D eigenvalue weighted by atomic mass is 10.0. The minimum atomic E-state index is -0.546. The van der Waals surface area contributed by atoms with Crippen LogP contribution in [0.25, 0.3) is 10.8 Å². The van der Waals surface area contributed by atoms with Gasteiger partial charge in [0.25, 0.3) is 0 Å². The number of hydrogen-bond donors (Lipinski definition) is 0. The first kappa shape index (κ1) is 14.7. The van der Waals surface area contributed by atoms with Crippen molar-refractivity contribution >= 4 is 33.7 Å².